The van der Waals surface area contributed by atoms with Crippen LogP contribution >= 0.6 is 22.9 Å². The zero-order chi connectivity index (χ0) is 14.4. The fourth-order valence-corrected chi connectivity index (χ4v) is 2.61. The Kier molecular flexibility index (Phi) is 5.28. The van der Waals surface area contributed by atoms with Crippen molar-refractivity contribution in [2.75, 3.05) is 11.9 Å². The Morgan fingerprint density at radius 1 is 1.35 bits per heavy atom. The number of anilines is 1. The molecule has 20 heavy (non-hydrogen) atoms. The number of nitrogens with zero attached hydrogens (tertiary/aromatic N) is 1. The smallest absolute Gasteiger partial charge is 0.142 e. The Labute approximate surface area is 127 Å². The molecule has 2 aromatic rings. The van der Waals surface area contributed by atoms with E-state index in [0.29, 0.717) is 18.2 Å². The molecule has 0 aliphatic heterocycles. The number of rotatable bonds is 6. The molecular weight excluding hydrogens is 292 g/mol. The summed E-state index contributed by atoms with van der Waals surface area (Å²) < 4.78 is 5.69. The fraction of sp³-hybridized carbons (Fsp3) is 0.267. The van der Waals surface area contributed by atoms with Gasteiger partial charge in [0.15, 0.2) is 0 Å². The van der Waals surface area contributed by atoms with Gasteiger partial charge in [-0.15, -0.1) is 11.3 Å². The van der Waals surface area contributed by atoms with Gasteiger partial charge in [0.05, 0.1) is 12.3 Å². The molecule has 0 aliphatic carbocycles. The molecule has 0 spiro atoms. The van der Waals surface area contributed by atoms with Crippen LogP contribution in [-0.2, 0) is 6.54 Å². The standard InChI is InChI=1S/C15H15ClN2OS/c1-2-7-19-15-6-3-11(16)8-14(15)18-10-13-5-4-12(9-17)20-13/h3-6,8,18H,2,7,10H2,1H3. The first-order valence-electron chi connectivity index (χ1n) is 6.38. The third-order valence-electron chi connectivity index (χ3n) is 2.63. The molecule has 0 unspecified atom stereocenters. The van der Waals surface area contributed by atoms with Crippen LogP contribution < -0.4 is 10.1 Å². The van der Waals surface area contributed by atoms with Crippen molar-refractivity contribution in [2.24, 2.45) is 0 Å². The minimum Gasteiger partial charge on any atom is -0.491 e. The summed E-state index contributed by atoms with van der Waals surface area (Å²) in [6.07, 6.45) is 0.957. The largest absolute Gasteiger partial charge is 0.491 e. The van der Waals surface area contributed by atoms with E-state index in [1.807, 2.05) is 30.3 Å². The summed E-state index contributed by atoms with van der Waals surface area (Å²) in [6.45, 7) is 3.39. The Balaban J connectivity index is 2.07. The number of halogens is 1. The maximum atomic E-state index is 8.82. The predicted octanol–water partition coefficient (Wildman–Crippen LogP) is 4.67. The molecule has 0 atom stereocenters. The number of nitriles is 1. The Morgan fingerprint density at radius 3 is 2.90 bits per heavy atom. The van der Waals surface area contributed by atoms with E-state index >= 15 is 0 Å². The normalized spacial score (nSPS) is 10.1. The predicted molar refractivity (Wildman–Crippen MR) is 83.6 cm³/mol. The SMILES string of the molecule is CCCOc1ccc(Cl)cc1NCc1ccc(C#N)s1. The average molecular weight is 307 g/mol. The maximum absolute atomic E-state index is 8.82. The molecule has 0 saturated carbocycles. The molecule has 104 valence electrons. The van der Waals surface area contributed by atoms with Crippen molar-refractivity contribution in [3.63, 3.8) is 0 Å². The number of thiophene rings is 1. The first-order chi connectivity index (χ1) is 9.72. The number of hydrogen-bond donors (Lipinski definition) is 1. The molecule has 3 nitrogen and oxygen atoms in total. The topological polar surface area (TPSA) is 45.0 Å². The van der Waals surface area contributed by atoms with Crippen molar-refractivity contribution < 1.29 is 4.74 Å². The van der Waals surface area contributed by atoms with Gasteiger partial charge in [0.2, 0.25) is 0 Å². The highest BCUT2D eigenvalue weighted by atomic mass is 35.5. The second kappa shape index (κ2) is 7.18. The van der Waals surface area contributed by atoms with Crippen molar-refractivity contribution in [2.45, 2.75) is 19.9 Å². The van der Waals surface area contributed by atoms with Crippen LogP contribution in [0.4, 0.5) is 5.69 Å². The fourth-order valence-electron chi connectivity index (χ4n) is 1.69. The number of hydrogen-bond acceptors (Lipinski definition) is 4. The van der Waals surface area contributed by atoms with Crippen LogP contribution in [-0.4, -0.2) is 6.61 Å². The number of ether oxygens (including phenoxy) is 1. The third kappa shape index (κ3) is 3.89. The molecule has 1 aromatic heterocycles. The zero-order valence-corrected chi connectivity index (χ0v) is 12.7. The van der Waals surface area contributed by atoms with Gasteiger partial charge in [-0.2, -0.15) is 5.26 Å². The van der Waals surface area contributed by atoms with Gasteiger partial charge >= 0.3 is 0 Å². The Bertz CT molecular complexity index is 619. The molecule has 1 N–H and O–H groups in total. The Morgan fingerprint density at radius 2 is 2.20 bits per heavy atom. The summed E-state index contributed by atoms with van der Waals surface area (Å²) in [5.74, 6) is 0.799. The number of nitrogens with one attached hydrogen (secondary N) is 1. The van der Waals surface area contributed by atoms with Gasteiger partial charge in [-0.05, 0) is 36.8 Å². The summed E-state index contributed by atoms with van der Waals surface area (Å²) in [4.78, 5) is 1.82. The molecule has 0 fully saturated rings. The van der Waals surface area contributed by atoms with E-state index in [4.69, 9.17) is 21.6 Å². The van der Waals surface area contributed by atoms with E-state index in [2.05, 4.69) is 18.3 Å². The highest BCUT2D eigenvalue weighted by Crippen LogP contribution is 2.29. The van der Waals surface area contributed by atoms with E-state index in [0.717, 1.165) is 27.6 Å². The highest BCUT2D eigenvalue weighted by molar-refractivity contribution is 7.12. The van der Waals surface area contributed by atoms with Gasteiger partial charge in [-0.3, -0.25) is 0 Å². The number of benzene rings is 1. The van der Waals surface area contributed by atoms with Crippen LogP contribution in [0.5, 0.6) is 5.75 Å². The second-order valence-electron chi connectivity index (χ2n) is 4.22. The summed E-state index contributed by atoms with van der Waals surface area (Å²) in [7, 11) is 0. The molecule has 0 amide bonds. The third-order valence-corrected chi connectivity index (χ3v) is 3.85. The summed E-state index contributed by atoms with van der Waals surface area (Å²) >= 11 is 7.51. The first kappa shape index (κ1) is 14.7. The van der Waals surface area contributed by atoms with Gasteiger partial charge in [-0.25, -0.2) is 0 Å². The molecule has 5 heteroatoms. The lowest BCUT2D eigenvalue weighted by Crippen LogP contribution is -2.02. The van der Waals surface area contributed by atoms with Gasteiger partial charge in [0.25, 0.3) is 0 Å². The second-order valence-corrected chi connectivity index (χ2v) is 5.83. The summed E-state index contributed by atoms with van der Waals surface area (Å²) in [5.41, 5.74) is 0.873. The van der Waals surface area contributed by atoms with Gasteiger partial charge in [-0.1, -0.05) is 18.5 Å². The van der Waals surface area contributed by atoms with Crippen molar-refractivity contribution in [3.05, 3.63) is 45.1 Å². The van der Waals surface area contributed by atoms with E-state index < -0.39 is 0 Å². The van der Waals surface area contributed by atoms with E-state index in [1.165, 1.54) is 11.3 Å². The van der Waals surface area contributed by atoms with Crippen LogP contribution in [0.1, 0.15) is 23.1 Å². The van der Waals surface area contributed by atoms with E-state index in [9.17, 15) is 0 Å². The molecule has 0 aliphatic rings. The highest BCUT2D eigenvalue weighted by Gasteiger charge is 2.06. The van der Waals surface area contributed by atoms with Crippen LogP contribution in [0.3, 0.4) is 0 Å². The van der Waals surface area contributed by atoms with E-state index in [-0.39, 0.29) is 0 Å². The van der Waals surface area contributed by atoms with Crippen LogP contribution in [0.2, 0.25) is 5.02 Å². The van der Waals surface area contributed by atoms with Crippen LogP contribution in [0.15, 0.2) is 30.3 Å². The van der Waals surface area contributed by atoms with Crippen LogP contribution in [0.25, 0.3) is 0 Å². The van der Waals surface area contributed by atoms with Gasteiger partial charge in [0.1, 0.15) is 16.7 Å². The minimum absolute atomic E-state index is 0.648. The van der Waals surface area contributed by atoms with Gasteiger partial charge < -0.3 is 10.1 Å². The summed E-state index contributed by atoms with van der Waals surface area (Å²) in [5, 5.41) is 12.8. The molecule has 2 rings (SSSR count). The lowest BCUT2D eigenvalue weighted by Gasteiger charge is -2.12. The lowest BCUT2D eigenvalue weighted by molar-refractivity contribution is 0.319. The molecule has 0 radical (unpaired) electrons. The maximum Gasteiger partial charge on any atom is 0.142 e. The van der Waals surface area contributed by atoms with Crippen molar-refractivity contribution in [3.8, 4) is 11.8 Å². The summed E-state index contributed by atoms with van der Waals surface area (Å²) in [6, 6.07) is 11.5. The molecule has 0 bridgehead atoms. The first-order valence-corrected chi connectivity index (χ1v) is 7.57. The average Bonchev–Trinajstić information content (AvgIpc) is 2.92. The van der Waals surface area contributed by atoms with Gasteiger partial charge in [0, 0.05) is 16.4 Å². The quantitative estimate of drug-likeness (QED) is 0.843. The lowest BCUT2D eigenvalue weighted by atomic mass is 10.3. The zero-order valence-electron chi connectivity index (χ0n) is 11.1. The van der Waals surface area contributed by atoms with Crippen LogP contribution in [0, 0.1) is 11.3 Å². The van der Waals surface area contributed by atoms with Crippen molar-refractivity contribution in [1.29, 1.82) is 5.26 Å². The molecule has 1 heterocycles. The molecular formula is C15H15ClN2OS. The Hall–Kier alpha value is -1.70. The van der Waals surface area contributed by atoms with Crippen molar-refractivity contribution in [1.82, 2.24) is 0 Å². The van der Waals surface area contributed by atoms with Crippen molar-refractivity contribution >= 4 is 28.6 Å². The minimum atomic E-state index is 0.648. The monoisotopic (exact) mass is 306 g/mol. The van der Waals surface area contributed by atoms with E-state index in [1.54, 1.807) is 0 Å². The molecule has 1 aromatic carbocycles. The molecule has 0 saturated heterocycles.